The smallest absolute Gasteiger partial charge is 0.143 e. The fraction of sp³-hybridized carbons (Fsp3) is 0.250. The van der Waals surface area contributed by atoms with Crippen molar-refractivity contribution in [2.24, 2.45) is 0 Å². The highest BCUT2D eigenvalue weighted by Gasteiger charge is 2.08. The molecule has 3 nitrogen and oxygen atoms in total. The quantitative estimate of drug-likeness (QED) is 0.461. The summed E-state index contributed by atoms with van der Waals surface area (Å²) in [6.07, 6.45) is 3.98. The number of rotatable bonds is 6. The molecule has 108 valence electrons. The van der Waals surface area contributed by atoms with E-state index < -0.39 is 0 Å². The maximum Gasteiger partial charge on any atom is 0.143 e. The zero-order valence-corrected chi connectivity index (χ0v) is 13.9. The van der Waals surface area contributed by atoms with Crippen molar-refractivity contribution in [3.05, 3.63) is 42.6 Å². The standard InChI is InChI=1S/C16H15BrN2OS/c17-8-2-4-10-20-12-6-7-13-15(11-12)21-16(19-13)14-5-1-3-9-18-14/h1,3,5-7,9,11H,2,4,8,10H2. The number of aromatic nitrogens is 2. The van der Waals surface area contributed by atoms with Gasteiger partial charge in [0.05, 0.1) is 22.5 Å². The summed E-state index contributed by atoms with van der Waals surface area (Å²) in [6.45, 7) is 0.753. The Kier molecular flexibility index (Phi) is 4.83. The van der Waals surface area contributed by atoms with Gasteiger partial charge in [-0.1, -0.05) is 22.0 Å². The molecule has 1 aromatic carbocycles. The second-order valence-electron chi connectivity index (χ2n) is 4.61. The molecule has 0 radical (unpaired) electrons. The predicted molar refractivity (Wildman–Crippen MR) is 91.4 cm³/mol. The molecule has 0 unspecified atom stereocenters. The van der Waals surface area contributed by atoms with Gasteiger partial charge in [-0.2, -0.15) is 0 Å². The highest BCUT2D eigenvalue weighted by atomic mass is 79.9. The summed E-state index contributed by atoms with van der Waals surface area (Å²) in [5.41, 5.74) is 1.91. The molecule has 0 aliphatic heterocycles. The van der Waals surface area contributed by atoms with Crippen LogP contribution < -0.4 is 4.74 Å². The minimum Gasteiger partial charge on any atom is -0.494 e. The number of alkyl halides is 1. The number of nitrogens with zero attached hydrogens (tertiary/aromatic N) is 2. The lowest BCUT2D eigenvalue weighted by molar-refractivity contribution is 0.310. The Hall–Kier alpha value is -1.46. The SMILES string of the molecule is BrCCCCOc1ccc2nc(-c3ccccn3)sc2c1. The number of hydrogen-bond acceptors (Lipinski definition) is 4. The van der Waals surface area contributed by atoms with Crippen LogP contribution in [0.15, 0.2) is 42.6 Å². The molecule has 5 heteroatoms. The number of fused-ring (bicyclic) bond motifs is 1. The molecule has 0 bridgehead atoms. The fourth-order valence-corrected chi connectivity index (χ4v) is 3.35. The summed E-state index contributed by atoms with van der Waals surface area (Å²) >= 11 is 5.07. The molecule has 3 aromatic rings. The van der Waals surface area contributed by atoms with E-state index in [0.717, 1.165) is 51.4 Å². The fourth-order valence-electron chi connectivity index (χ4n) is 1.98. The minimum atomic E-state index is 0.753. The first-order chi connectivity index (χ1) is 10.4. The van der Waals surface area contributed by atoms with E-state index in [1.807, 2.05) is 30.3 Å². The van der Waals surface area contributed by atoms with E-state index in [9.17, 15) is 0 Å². The summed E-state index contributed by atoms with van der Waals surface area (Å²) in [5, 5.41) is 1.97. The first-order valence-electron chi connectivity index (χ1n) is 6.87. The zero-order valence-electron chi connectivity index (χ0n) is 11.5. The topological polar surface area (TPSA) is 35.0 Å². The molecule has 0 saturated carbocycles. The van der Waals surface area contributed by atoms with E-state index in [0.29, 0.717) is 0 Å². The van der Waals surface area contributed by atoms with Crippen molar-refractivity contribution in [2.75, 3.05) is 11.9 Å². The highest BCUT2D eigenvalue weighted by molar-refractivity contribution is 9.09. The first kappa shape index (κ1) is 14.5. The molecule has 2 heterocycles. The van der Waals surface area contributed by atoms with Gasteiger partial charge in [0, 0.05) is 11.5 Å². The summed E-state index contributed by atoms with van der Waals surface area (Å²) < 4.78 is 6.91. The lowest BCUT2D eigenvalue weighted by Gasteiger charge is -2.04. The third kappa shape index (κ3) is 3.60. The van der Waals surface area contributed by atoms with Gasteiger partial charge in [-0.25, -0.2) is 4.98 Å². The molecule has 3 rings (SSSR count). The van der Waals surface area contributed by atoms with E-state index in [1.165, 1.54) is 0 Å². The Labute approximate surface area is 136 Å². The number of pyridine rings is 1. The Morgan fingerprint density at radius 3 is 2.90 bits per heavy atom. The molecular weight excluding hydrogens is 348 g/mol. The third-order valence-corrected chi connectivity index (χ3v) is 4.64. The Morgan fingerprint density at radius 2 is 2.10 bits per heavy atom. The van der Waals surface area contributed by atoms with Crippen molar-refractivity contribution >= 4 is 37.5 Å². The van der Waals surface area contributed by atoms with Gasteiger partial charge in [-0.05, 0) is 43.2 Å². The van der Waals surface area contributed by atoms with Gasteiger partial charge >= 0.3 is 0 Å². The van der Waals surface area contributed by atoms with E-state index in [4.69, 9.17) is 4.74 Å². The first-order valence-corrected chi connectivity index (χ1v) is 8.81. The van der Waals surface area contributed by atoms with Crippen LogP contribution in [0.4, 0.5) is 0 Å². The van der Waals surface area contributed by atoms with Crippen LogP contribution in [-0.4, -0.2) is 21.9 Å². The minimum absolute atomic E-state index is 0.753. The number of unbranched alkanes of at least 4 members (excludes halogenated alkanes) is 1. The van der Waals surface area contributed by atoms with Crippen LogP contribution in [-0.2, 0) is 0 Å². The van der Waals surface area contributed by atoms with Crippen LogP contribution in [0.5, 0.6) is 5.75 Å². The second kappa shape index (κ2) is 7.00. The number of hydrogen-bond donors (Lipinski definition) is 0. The van der Waals surface area contributed by atoms with Crippen molar-refractivity contribution in [1.82, 2.24) is 9.97 Å². The molecule has 0 N–H and O–H groups in total. The molecule has 0 aliphatic rings. The molecule has 0 saturated heterocycles. The van der Waals surface area contributed by atoms with Crippen molar-refractivity contribution in [3.8, 4) is 16.5 Å². The molecule has 0 aliphatic carbocycles. The van der Waals surface area contributed by atoms with Crippen LogP contribution in [0.3, 0.4) is 0 Å². The number of ether oxygens (including phenoxy) is 1. The monoisotopic (exact) mass is 362 g/mol. The lowest BCUT2D eigenvalue weighted by Crippen LogP contribution is -1.97. The molecule has 2 aromatic heterocycles. The Morgan fingerprint density at radius 1 is 1.14 bits per heavy atom. The van der Waals surface area contributed by atoms with Crippen molar-refractivity contribution in [3.63, 3.8) is 0 Å². The molecule has 0 fully saturated rings. The van der Waals surface area contributed by atoms with Gasteiger partial charge in [-0.3, -0.25) is 4.98 Å². The molecule has 21 heavy (non-hydrogen) atoms. The normalized spacial score (nSPS) is 10.9. The zero-order chi connectivity index (χ0) is 14.5. The second-order valence-corrected chi connectivity index (χ2v) is 6.43. The average Bonchev–Trinajstić information content (AvgIpc) is 2.96. The van der Waals surface area contributed by atoms with Crippen LogP contribution in [0.1, 0.15) is 12.8 Å². The van der Waals surface area contributed by atoms with Crippen LogP contribution >= 0.6 is 27.3 Å². The van der Waals surface area contributed by atoms with Gasteiger partial charge in [0.25, 0.3) is 0 Å². The van der Waals surface area contributed by atoms with Crippen molar-refractivity contribution in [1.29, 1.82) is 0 Å². The van der Waals surface area contributed by atoms with E-state index in [2.05, 4.69) is 32.0 Å². The van der Waals surface area contributed by atoms with Crippen molar-refractivity contribution < 1.29 is 4.74 Å². The van der Waals surface area contributed by atoms with E-state index in [1.54, 1.807) is 17.5 Å². The largest absolute Gasteiger partial charge is 0.494 e. The highest BCUT2D eigenvalue weighted by Crippen LogP contribution is 2.31. The summed E-state index contributed by atoms with van der Waals surface area (Å²) in [4.78, 5) is 8.98. The summed E-state index contributed by atoms with van der Waals surface area (Å²) in [7, 11) is 0. The van der Waals surface area contributed by atoms with E-state index in [-0.39, 0.29) is 0 Å². The maximum absolute atomic E-state index is 5.77. The third-order valence-electron chi connectivity index (χ3n) is 3.04. The maximum atomic E-state index is 5.77. The summed E-state index contributed by atoms with van der Waals surface area (Å²) in [5.74, 6) is 0.910. The van der Waals surface area contributed by atoms with Gasteiger partial charge in [0.2, 0.25) is 0 Å². The lowest BCUT2D eigenvalue weighted by atomic mass is 10.3. The van der Waals surface area contributed by atoms with Gasteiger partial charge in [0.1, 0.15) is 10.8 Å². The Balaban J connectivity index is 1.79. The molecule has 0 spiro atoms. The predicted octanol–water partition coefficient (Wildman–Crippen LogP) is 4.91. The van der Waals surface area contributed by atoms with Crippen LogP contribution in [0, 0.1) is 0 Å². The van der Waals surface area contributed by atoms with Gasteiger partial charge < -0.3 is 4.74 Å². The number of benzene rings is 1. The van der Waals surface area contributed by atoms with E-state index >= 15 is 0 Å². The van der Waals surface area contributed by atoms with Crippen LogP contribution in [0.25, 0.3) is 20.9 Å². The van der Waals surface area contributed by atoms with Crippen LogP contribution in [0.2, 0.25) is 0 Å². The molecule has 0 amide bonds. The number of thiazole rings is 1. The van der Waals surface area contributed by atoms with Gasteiger partial charge in [0.15, 0.2) is 0 Å². The average molecular weight is 363 g/mol. The van der Waals surface area contributed by atoms with Crippen molar-refractivity contribution in [2.45, 2.75) is 12.8 Å². The molecule has 0 atom stereocenters. The number of halogens is 1. The van der Waals surface area contributed by atoms with Gasteiger partial charge in [-0.15, -0.1) is 11.3 Å². The Bertz CT molecular complexity index is 715. The summed E-state index contributed by atoms with van der Waals surface area (Å²) in [6, 6.07) is 11.9. The molecular formula is C16H15BrN2OS.